The zero-order chi connectivity index (χ0) is 20.2. The number of carbonyl (C=O) groups excluding carboxylic acids is 1. The molecule has 1 N–H and O–H groups in total. The van der Waals surface area contributed by atoms with Crippen molar-refractivity contribution in [3.05, 3.63) is 79.9 Å². The lowest BCUT2D eigenvalue weighted by molar-refractivity contribution is -0.111. The molecule has 0 saturated carbocycles. The Hall–Kier alpha value is -4.06. The topological polar surface area (TPSA) is 77.0 Å². The fourth-order valence-electron chi connectivity index (χ4n) is 3.12. The largest absolute Gasteiger partial charge is 0.481 e. The fraction of sp³-hybridized carbons (Fsp3) is 0.0435. The van der Waals surface area contributed by atoms with E-state index < -0.39 is 0 Å². The Labute approximate surface area is 167 Å². The van der Waals surface area contributed by atoms with E-state index in [1.54, 1.807) is 19.5 Å². The molecular weight excluding hydrogens is 364 g/mol. The summed E-state index contributed by atoms with van der Waals surface area (Å²) in [6.45, 7) is 3.49. The summed E-state index contributed by atoms with van der Waals surface area (Å²) in [6, 6.07) is 15.5. The van der Waals surface area contributed by atoms with Gasteiger partial charge in [-0.3, -0.25) is 4.79 Å². The third kappa shape index (κ3) is 3.82. The molecule has 0 unspecified atom stereocenters. The molecule has 0 aliphatic rings. The molecule has 6 nitrogen and oxygen atoms in total. The summed E-state index contributed by atoms with van der Waals surface area (Å²) in [6.07, 6.45) is 6.33. The Morgan fingerprint density at radius 1 is 1.03 bits per heavy atom. The van der Waals surface area contributed by atoms with Gasteiger partial charge in [0.05, 0.1) is 12.6 Å². The van der Waals surface area contributed by atoms with Crippen molar-refractivity contribution < 1.29 is 9.53 Å². The van der Waals surface area contributed by atoms with Crippen molar-refractivity contribution in [1.82, 2.24) is 15.0 Å². The average molecular weight is 382 g/mol. The zero-order valence-electron chi connectivity index (χ0n) is 15.8. The molecule has 0 bridgehead atoms. The molecule has 0 atom stereocenters. The van der Waals surface area contributed by atoms with E-state index in [-0.39, 0.29) is 5.91 Å². The number of nitrogens with zero attached hydrogens (tertiary/aromatic N) is 3. The number of amides is 1. The molecule has 0 fully saturated rings. The summed E-state index contributed by atoms with van der Waals surface area (Å²) in [5.41, 5.74) is 5.32. The lowest BCUT2D eigenvalue weighted by atomic mass is 9.96. The van der Waals surface area contributed by atoms with Gasteiger partial charge in [-0.25, -0.2) is 15.0 Å². The highest BCUT2D eigenvalue weighted by Gasteiger charge is 2.11. The van der Waals surface area contributed by atoms with Gasteiger partial charge in [-0.2, -0.15) is 0 Å². The Morgan fingerprint density at radius 2 is 1.93 bits per heavy atom. The number of methoxy groups -OCH3 is 1. The van der Waals surface area contributed by atoms with Crippen LogP contribution in [0.15, 0.2) is 79.9 Å². The van der Waals surface area contributed by atoms with Crippen molar-refractivity contribution in [3.63, 3.8) is 0 Å². The summed E-state index contributed by atoms with van der Waals surface area (Å²) >= 11 is 0. The molecule has 29 heavy (non-hydrogen) atoms. The first kappa shape index (κ1) is 18.3. The van der Waals surface area contributed by atoms with Crippen LogP contribution in [0.4, 0.5) is 5.69 Å². The van der Waals surface area contributed by atoms with Crippen molar-refractivity contribution in [2.24, 2.45) is 0 Å². The molecular formula is C23H18N4O2. The molecule has 0 spiro atoms. The van der Waals surface area contributed by atoms with Gasteiger partial charge in [-0.05, 0) is 47.5 Å². The van der Waals surface area contributed by atoms with Gasteiger partial charge in [0, 0.05) is 40.7 Å². The molecule has 1 amide bonds. The van der Waals surface area contributed by atoms with Crippen LogP contribution < -0.4 is 10.1 Å². The van der Waals surface area contributed by atoms with Gasteiger partial charge in [-0.1, -0.05) is 18.7 Å². The zero-order valence-corrected chi connectivity index (χ0v) is 15.8. The fourth-order valence-corrected chi connectivity index (χ4v) is 3.12. The summed E-state index contributed by atoms with van der Waals surface area (Å²) < 4.78 is 5.15. The maximum absolute atomic E-state index is 11.7. The first-order valence-electron chi connectivity index (χ1n) is 8.96. The molecule has 0 aliphatic heterocycles. The Balaban J connectivity index is 1.86. The van der Waals surface area contributed by atoms with Crippen LogP contribution in [-0.4, -0.2) is 28.0 Å². The van der Waals surface area contributed by atoms with Crippen LogP contribution >= 0.6 is 0 Å². The maximum Gasteiger partial charge on any atom is 0.247 e. The van der Waals surface area contributed by atoms with E-state index >= 15 is 0 Å². The number of anilines is 1. The van der Waals surface area contributed by atoms with E-state index in [2.05, 4.69) is 32.9 Å². The summed E-state index contributed by atoms with van der Waals surface area (Å²) in [4.78, 5) is 24.6. The van der Waals surface area contributed by atoms with E-state index in [0.29, 0.717) is 11.6 Å². The summed E-state index contributed by atoms with van der Waals surface area (Å²) in [5, 5.41) is 3.71. The lowest BCUT2D eigenvalue weighted by Crippen LogP contribution is -2.07. The number of benzene rings is 2. The Bertz CT molecular complexity index is 1200. The number of aromatic nitrogens is 3. The Morgan fingerprint density at radius 3 is 2.69 bits per heavy atom. The predicted molar refractivity (Wildman–Crippen MR) is 114 cm³/mol. The van der Waals surface area contributed by atoms with E-state index in [1.165, 1.54) is 12.4 Å². The van der Waals surface area contributed by atoms with Crippen LogP contribution in [0.25, 0.3) is 33.2 Å². The van der Waals surface area contributed by atoms with Crippen molar-refractivity contribution >= 4 is 22.5 Å². The minimum absolute atomic E-state index is 0.257. The minimum Gasteiger partial charge on any atom is -0.481 e. The second kappa shape index (κ2) is 7.90. The van der Waals surface area contributed by atoms with Gasteiger partial charge >= 0.3 is 0 Å². The summed E-state index contributed by atoms with van der Waals surface area (Å²) in [7, 11) is 1.59. The van der Waals surface area contributed by atoms with Gasteiger partial charge in [0.1, 0.15) is 6.33 Å². The van der Waals surface area contributed by atoms with Crippen LogP contribution in [0.1, 0.15) is 0 Å². The molecule has 0 aliphatic carbocycles. The molecule has 6 heteroatoms. The second-order valence-corrected chi connectivity index (χ2v) is 6.35. The van der Waals surface area contributed by atoms with Crippen molar-refractivity contribution in [2.45, 2.75) is 0 Å². The number of pyridine rings is 1. The van der Waals surface area contributed by atoms with Crippen LogP contribution in [-0.2, 0) is 4.79 Å². The Kier molecular flexibility index (Phi) is 4.99. The van der Waals surface area contributed by atoms with E-state index in [9.17, 15) is 4.79 Å². The lowest BCUT2D eigenvalue weighted by Gasteiger charge is -2.11. The smallest absolute Gasteiger partial charge is 0.247 e. The molecule has 4 rings (SSSR count). The van der Waals surface area contributed by atoms with Gasteiger partial charge in [0.25, 0.3) is 0 Å². The van der Waals surface area contributed by atoms with Gasteiger partial charge in [0.2, 0.25) is 11.8 Å². The van der Waals surface area contributed by atoms with Crippen molar-refractivity contribution in [3.8, 4) is 28.1 Å². The molecule has 4 aromatic rings. The maximum atomic E-state index is 11.7. The van der Waals surface area contributed by atoms with Crippen molar-refractivity contribution in [1.29, 1.82) is 0 Å². The normalized spacial score (nSPS) is 10.5. The highest BCUT2D eigenvalue weighted by atomic mass is 16.5. The van der Waals surface area contributed by atoms with Crippen LogP contribution in [0.5, 0.6) is 5.88 Å². The van der Waals surface area contributed by atoms with E-state index in [4.69, 9.17) is 4.74 Å². The third-order valence-corrected chi connectivity index (χ3v) is 4.51. The highest BCUT2D eigenvalue weighted by molar-refractivity contribution is 6.01. The number of ether oxygens (including phenoxy) is 1. The average Bonchev–Trinajstić information content (AvgIpc) is 2.78. The molecule has 2 heterocycles. The van der Waals surface area contributed by atoms with Gasteiger partial charge in [-0.15, -0.1) is 0 Å². The van der Waals surface area contributed by atoms with Crippen LogP contribution in [0.2, 0.25) is 0 Å². The van der Waals surface area contributed by atoms with Crippen LogP contribution in [0.3, 0.4) is 0 Å². The van der Waals surface area contributed by atoms with Crippen molar-refractivity contribution in [2.75, 3.05) is 12.4 Å². The molecule has 0 radical (unpaired) electrons. The summed E-state index contributed by atoms with van der Waals surface area (Å²) in [5.74, 6) is 0.302. The molecule has 0 saturated heterocycles. The number of hydrogen-bond donors (Lipinski definition) is 1. The van der Waals surface area contributed by atoms with E-state index in [1.807, 2.05) is 42.5 Å². The minimum atomic E-state index is -0.257. The highest BCUT2D eigenvalue weighted by Crippen LogP contribution is 2.34. The number of fused-ring (bicyclic) bond motifs is 1. The number of nitrogens with one attached hydrogen (secondary N) is 1. The number of carbonyl (C=O) groups is 1. The second-order valence-electron chi connectivity index (χ2n) is 6.35. The van der Waals surface area contributed by atoms with Gasteiger partial charge in [0.15, 0.2) is 0 Å². The molecule has 2 aromatic carbocycles. The van der Waals surface area contributed by atoms with Crippen LogP contribution in [0, 0.1) is 0 Å². The first-order valence-corrected chi connectivity index (χ1v) is 8.96. The number of rotatable bonds is 5. The standard InChI is InChI=1S/C23H18N4O2/c1-3-21(28)27-19-6-4-5-15(10-19)20-11-17(9-18-12-24-14-26-23(18)20)16-7-8-22(29-2)25-13-16/h3-14H,1H2,2H3,(H,27,28). The number of hydrogen-bond acceptors (Lipinski definition) is 5. The van der Waals surface area contributed by atoms with E-state index in [0.717, 1.165) is 33.2 Å². The first-order chi connectivity index (χ1) is 14.2. The quantitative estimate of drug-likeness (QED) is 0.515. The SMILES string of the molecule is C=CC(=O)Nc1cccc(-c2cc(-c3ccc(OC)nc3)cc3cncnc23)c1. The molecule has 2 aromatic heterocycles. The predicted octanol–water partition coefficient (Wildman–Crippen LogP) is 4.49. The van der Waals surface area contributed by atoms with Gasteiger partial charge < -0.3 is 10.1 Å². The monoisotopic (exact) mass is 382 g/mol. The third-order valence-electron chi connectivity index (χ3n) is 4.51. The molecule has 142 valence electrons.